The minimum atomic E-state index is -0.490. The Labute approximate surface area is 196 Å². The van der Waals surface area contributed by atoms with E-state index in [4.69, 9.17) is 10.7 Å². The normalized spacial score (nSPS) is 13.4. The van der Waals surface area contributed by atoms with Crippen molar-refractivity contribution in [3.63, 3.8) is 0 Å². The maximum atomic E-state index is 11.9. The highest BCUT2D eigenvalue weighted by molar-refractivity contribution is 5.95. The Morgan fingerprint density at radius 2 is 1.91 bits per heavy atom. The number of carbonyl (C=O) groups excluding carboxylic acids is 2. The van der Waals surface area contributed by atoms with Gasteiger partial charge in [-0.25, -0.2) is 14.8 Å². The van der Waals surface area contributed by atoms with Crippen LogP contribution in [-0.2, 0) is 4.79 Å². The Bertz CT molecular complexity index is 1410. The lowest BCUT2D eigenvalue weighted by Gasteiger charge is -2.15. The van der Waals surface area contributed by atoms with Gasteiger partial charge in [-0.3, -0.25) is 9.69 Å². The van der Waals surface area contributed by atoms with Gasteiger partial charge < -0.3 is 16.4 Å². The number of nitrogens with zero attached hydrogens (tertiary/aromatic N) is 3. The molecular formula is C26H22N6O2. The largest absolute Gasteiger partial charge is 0.366 e. The van der Waals surface area contributed by atoms with Gasteiger partial charge in [0, 0.05) is 47.7 Å². The van der Waals surface area contributed by atoms with E-state index in [0.29, 0.717) is 19.0 Å². The molecule has 0 radical (unpaired) electrons. The van der Waals surface area contributed by atoms with Crippen LogP contribution in [0, 0.1) is 0 Å². The van der Waals surface area contributed by atoms with E-state index in [0.717, 1.165) is 39.0 Å². The molecule has 0 aliphatic carbocycles. The summed E-state index contributed by atoms with van der Waals surface area (Å²) in [5.74, 6) is -0.0212. The maximum absolute atomic E-state index is 11.9. The third-order valence-corrected chi connectivity index (χ3v) is 5.54. The van der Waals surface area contributed by atoms with Gasteiger partial charge in [0.25, 0.3) is 0 Å². The van der Waals surface area contributed by atoms with E-state index in [1.165, 1.54) is 6.08 Å². The lowest BCUT2D eigenvalue weighted by molar-refractivity contribution is -0.113. The highest BCUT2D eigenvalue weighted by atomic mass is 16.2. The van der Waals surface area contributed by atoms with Crippen LogP contribution < -0.4 is 21.3 Å². The predicted molar refractivity (Wildman–Crippen MR) is 134 cm³/mol. The van der Waals surface area contributed by atoms with Crippen molar-refractivity contribution < 1.29 is 9.59 Å². The van der Waals surface area contributed by atoms with Gasteiger partial charge in [-0.15, -0.1) is 0 Å². The fourth-order valence-corrected chi connectivity index (χ4v) is 3.91. The molecule has 1 fully saturated rings. The molecule has 4 aromatic rings. The zero-order valence-electron chi connectivity index (χ0n) is 18.2. The number of hydrogen-bond donors (Lipinski definition) is 3. The predicted octanol–water partition coefficient (Wildman–Crippen LogP) is 4.07. The smallest absolute Gasteiger partial charge is 0.321 e. The first-order chi connectivity index (χ1) is 16.6. The molecule has 34 heavy (non-hydrogen) atoms. The van der Waals surface area contributed by atoms with Crippen molar-refractivity contribution >= 4 is 46.2 Å². The minimum absolute atomic E-state index is 0.0831. The van der Waals surface area contributed by atoms with Crippen molar-refractivity contribution in [3.05, 3.63) is 84.6 Å². The number of urea groups is 1. The van der Waals surface area contributed by atoms with E-state index in [9.17, 15) is 9.59 Å². The number of anilines is 3. The van der Waals surface area contributed by atoms with Gasteiger partial charge in [0.1, 0.15) is 0 Å². The number of para-hydroxylation sites is 1. The lowest BCUT2D eigenvalue weighted by atomic mass is 10.0. The summed E-state index contributed by atoms with van der Waals surface area (Å²) in [6.07, 6.45) is 4.82. The van der Waals surface area contributed by atoms with Gasteiger partial charge in [-0.2, -0.15) is 0 Å². The second kappa shape index (κ2) is 9.03. The zero-order chi connectivity index (χ0) is 23.5. The van der Waals surface area contributed by atoms with Crippen molar-refractivity contribution in [3.8, 4) is 11.1 Å². The molecule has 8 heteroatoms. The van der Waals surface area contributed by atoms with Gasteiger partial charge in [0.05, 0.1) is 5.52 Å². The molecule has 4 N–H and O–H groups in total. The lowest BCUT2D eigenvalue weighted by Crippen LogP contribution is -2.27. The molecule has 1 saturated heterocycles. The molecule has 1 aliphatic heterocycles. The Hall–Kier alpha value is -4.72. The van der Waals surface area contributed by atoms with E-state index in [1.54, 1.807) is 17.2 Å². The van der Waals surface area contributed by atoms with Crippen LogP contribution in [0.2, 0.25) is 0 Å². The van der Waals surface area contributed by atoms with Crippen molar-refractivity contribution in [1.82, 2.24) is 15.3 Å². The standard InChI is InChI=1S/C26H22N6O2/c27-23(33)12-7-17-3-1-4-18(15-17)22-6-2-5-19-16-29-25(31-24(19)22)30-20-8-10-21(11-9-20)32-14-13-28-26(32)34/h1-12,15-16H,13-14H2,(H2,27,33)(H,28,34)(H,29,30,31). The van der Waals surface area contributed by atoms with Gasteiger partial charge >= 0.3 is 6.03 Å². The summed E-state index contributed by atoms with van der Waals surface area (Å²) in [5.41, 5.74) is 10.5. The van der Waals surface area contributed by atoms with Crippen molar-refractivity contribution in [2.45, 2.75) is 0 Å². The fraction of sp³-hybridized carbons (Fsp3) is 0.0769. The summed E-state index contributed by atoms with van der Waals surface area (Å²) in [6.45, 7) is 1.30. The highest BCUT2D eigenvalue weighted by Crippen LogP contribution is 2.29. The summed E-state index contributed by atoms with van der Waals surface area (Å²) in [7, 11) is 0. The molecular weight excluding hydrogens is 428 g/mol. The van der Waals surface area contributed by atoms with Crippen molar-refractivity contribution in [1.29, 1.82) is 0 Å². The molecule has 1 aliphatic rings. The highest BCUT2D eigenvalue weighted by Gasteiger charge is 2.20. The molecule has 0 unspecified atom stereocenters. The average molecular weight is 451 g/mol. The molecule has 8 nitrogen and oxygen atoms in total. The number of fused-ring (bicyclic) bond motifs is 1. The summed E-state index contributed by atoms with van der Waals surface area (Å²) in [5, 5.41) is 6.96. The van der Waals surface area contributed by atoms with Gasteiger partial charge in [0.15, 0.2) is 0 Å². The first kappa shape index (κ1) is 21.1. The Balaban J connectivity index is 1.44. The second-order valence-electron chi connectivity index (χ2n) is 7.85. The van der Waals surface area contributed by atoms with Crippen molar-refractivity contribution in [2.24, 2.45) is 5.73 Å². The number of primary amides is 1. The molecule has 1 aromatic heterocycles. The number of carbonyl (C=O) groups is 2. The van der Waals surface area contributed by atoms with E-state index >= 15 is 0 Å². The number of nitrogens with two attached hydrogens (primary N) is 1. The van der Waals surface area contributed by atoms with Crippen LogP contribution >= 0.6 is 0 Å². The van der Waals surface area contributed by atoms with Crippen LogP contribution in [0.4, 0.5) is 22.1 Å². The zero-order valence-corrected chi connectivity index (χ0v) is 18.2. The van der Waals surface area contributed by atoms with E-state index in [1.807, 2.05) is 66.7 Å². The van der Waals surface area contributed by atoms with Crippen molar-refractivity contribution in [2.75, 3.05) is 23.3 Å². The van der Waals surface area contributed by atoms with Gasteiger partial charge in [-0.05, 0) is 47.5 Å². The third kappa shape index (κ3) is 4.42. The molecule has 0 spiro atoms. The molecule has 168 valence electrons. The topological polar surface area (TPSA) is 113 Å². The van der Waals surface area contributed by atoms with Crippen LogP contribution in [0.15, 0.2) is 79.0 Å². The summed E-state index contributed by atoms with van der Waals surface area (Å²) >= 11 is 0. The molecule has 5 rings (SSSR count). The molecule has 0 bridgehead atoms. The number of benzene rings is 3. The molecule has 3 aromatic carbocycles. The van der Waals surface area contributed by atoms with Crippen LogP contribution in [0.1, 0.15) is 5.56 Å². The monoisotopic (exact) mass is 450 g/mol. The van der Waals surface area contributed by atoms with Crippen LogP contribution in [0.3, 0.4) is 0 Å². The Morgan fingerprint density at radius 3 is 2.68 bits per heavy atom. The van der Waals surface area contributed by atoms with Gasteiger partial charge in [-0.1, -0.05) is 36.4 Å². The third-order valence-electron chi connectivity index (χ3n) is 5.54. The first-order valence-corrected chi connectivity index (χ1v) is 10.8. The minimum Gasteiger partial charge on any atom is -0.366 e. The van der Waals surface area contributed by atoms with Crippen LogP contribution in [0.25, 0.3) is 28.1 Å². The molecule has 3 amide bonds. The van der Waals surface area contributed by atoms with Crippen LogP contribution in [-0.4, -0.2) is 35.0 Å². The number of rotatable bonds is 6. The fourth-order valence-electron chi connectivity index (χ4n) is 3.91. The van der Waals surface area contributed by atoms with E-state index < -0.39 is 5.91 Å². The SMILES string of the molecule is NC(=O)C=Cc1cccc(-c2cccc3cnc(Nc4ccc(N5CCNC5=O)cc4)nc23)c1. The van der Waals surface area contributed by atoms with E-state index in [-0.39, 0.29) is 6.03 Å². The summed E-state index contributed by atoms with van der Waals surface area (Å²) in [6, 6.07) is 21.3. The molecule has 2 heterocycles. The number of amides is 3. The Kier molecular flexibility index (Phi) is 5.61. The number of nitrogens with one attached hydrogen (secondary N) is 2. The second-order valence-corrected chi connectivity index (χ2v) is 7.85. The summed E-state index contributed by atoms with van der Waals surface area (Å²) in [4.78, 5) is 33.9. The average Bonchev–Trinajstić information content (AvgIpc) is 3.29. The first-order valence-electron chi connectivity index (χ1n) is 10.8. The molecule has 0 atom stereocenters. The maximum Gasteiger partial charge on any atom is 0.321 e. The quantitative estimate of drug-likeness (QED) is 0.383. The van der Waals surface area contributed by atoms with Crippen LogP contribution in [0.5, 0.6) is 0 Å². The Morgan fingerprint density at radius 1 is 1.09 bits per heavy atom. The number of hydrogen-bond acceptors (Lipinski definition) is 5. The number of aromatic nitrogens is 2. The molecule has 0 saturated carbocycles. The van der Waals surface area contributed by atoms with Gasteiger partial charge in [0.2, 0.25) is 11.9 Å². The van der Waals surface area contributed by atoms with E-state index in [2.05, 4.69) is 15.6 Å². The summed E-state index contributed by atoms with van der Waals surface area (Å²) < 4.78 is 0.